The van der Waals surface area contributed by atoms with Crippen molar-refractivity contribution in [3.8, 4) is 0 Å². The Bertz CT molecular complexity index is 446. The number of ether oxygens (including phenoxy) is 1. The molecule has 0 radical (unpaired) electrons. The normalized spacial score (nSPS) is 27.4. The summed E-state index contributed by atoms with van der Waals surface area (Å²) in [5, 5.41) is 13.0. The fourth-order valence-corrected chi connectivity index (χ4v) is 3.73. The van der Waals surface area contributed by atoms with E-state index in [2.05, 4.69) is 37.2 Å². The smallest absolute Gasteiger partial charge is 0.261 e. The minimum absolute atomic E-state index is 0.182. The Kier molecular flexibility index (Phi) is 4.48. The third-order valence-electron chi connectivity index (χ3n) is 3.08. The Morgan fingerprint density at radius 2 is 2.44 bits per heavy atom. The molecule has 18 heavy (non-hydrogen) atoms. The second-order valence-electron chi connectivity index (χ2n) is 4.28. The number of nitrogens with one attached hydrogen (secondary N) is 1. The molecule has 1 fully saturated rings. The molecule has 0 bridgehead atoms. The van der Waals surface area contributed by atoms with Gasteiger partial charge in [-0.15, -0.1) is 11.3 Å². The molecular formula is C11H13Br2NO3S. The molecule has 1 aromatic heterocycles. The molecule has 1 amide bonds. The molecule has 100 valence electrons. The highest BCUT2D eigenvalue weighted by molar-refractivity contribution is 9.13. The first-order chi connectivity index (χ1) is 8.42. The quantitative estimate of drug-likeness (QED) is 0.822. The van der Waals surface area contributed by atoms with E-state index < -0.39 is 5.60 Å². The van der Waals surface area contributed by atoms with Gasteiger partial charge in [-0.25, -0.2) is 0 Å². The van der Waals surface area contributed by atoms with Crippen LogP contribution in [0.1, 0.15) is 23.0 Å². The van der Waals surface area contributed by atoms with Gasteiger partial charge in [0.05, 0.1) is 14.8 Å². The molecule has 2 N–H and O–H groups in total. The molecule has 2 unspecified atom stereocenters. The Morgan fingerprint density at radius 1 is 1.72 bits per heavy atom. The van der Waals surface area contributed by atoms with Crippen LogP contribution in [0.15, 0.2) is 14.3 Å². The molecule has 4 nitrogen and oxygen atoms in total. The van der Waals surface area contributed by atoms with E-state index in [0.717, 1.165) is 8.26 Å². The van der Waals surface area contributed by atoms with Gasteiger partial charge in [-0.2, -0.15) is 0 Å². The van der Waals surface area contributed by atoms with E-state index >= 15 is 0 Å². The molecule has 0 spiro atoms. The van der Waals surface area contributed by atoms with E-state index in [0.29, 0.717) is 17.9 Å². The molecule has 0 aliphatic carbocycles. The van der Waals surface area contributed by atoms with Crippen LogP contribution in [0.5, 0.6) is 0 Å². The third-order valence-corrected chi connectivity index (χ3v) is 6.34. The van der Waals surface area contributed by atoms with E-state index in [4.69, 9.17) is 4.74 Å². The van der Waals surface area contributed by atoms with Crippen LogP contribution in [0, 0.1) is 0 Å². The Morgan fingerprint density at radius 3 is 2.94 bits per heavy atom. The maximum Gasteiger partial charge on any atom is 0.261 e. The predicted molar refractivity (Wildman–Crippen MR) is 77.0 cm³/mol. The summed E-state index contributed by atoms with van der Waals surface area (Å²) in [4.78, 5) is 12.5. The second kappa shape index (κ2) is 5.58. The van der Waals surface area contributed by atoms with E-state index in [1.165, 1.54) is 11.3 Å². The summed E-state index contributed by atoms with van der Waals surface area (Å²) in [7, 11) is 0. The second-order valence-corrected chi connectivity index (χ2v) is 7.51. The summed E-state index contributed by atoms with van der Waals surface area (Å²) in [6, 6.07) is 1.75. The topological polar surface area (TPSA) is 58.6 Å². The van der Waals surface area contributed by atoms with Crippen molar-refractivity contribution in [2.45, 2.75) is 25.0 Å². The van der Waals surface area contributed by atoms with Crippen LogP contribution in [-0.4, -0.2) is 35.9 Å². The van der Waals surface area contributed by atoms with Crippen molar-refractivity contribution in [2.24, 2.45) is 0 Å². The van der Waals surface area contributed by atoms with Gasteiger partial charge in [-0.1, -0.05) is 0 Å². The van der Waals surface area contributed by atoms with Crippen molar-refractivity contribution in [2.75, 3.05) is 13.2 Å². The predicted octanol–water partition coefficient (Wildman–Crippen LogP) is 2.54. The van der Waals surface area contributed by atoms with Gasteiger partial charge in [-0.3, -0.25) is 4.79 Å². The lowest BCUT2D eigenvalue weighted by Gasteiger charge is -2.25. The number of aliphatic hydroxyl groups is 1. The minimum atomic E-state index is -0.957. The zero-order chi connectivity index (χ0) is 13.3. The number of carbonyl (C=O) groups excluding carboxylic acids is 1. The van der Waals surface area contributed by atoms with Gasteiger partial charge < -0.3 is 15.2 Å². The zero-order valence-corrected chi connectivity index (χ0v) is 13.7. The number of hydrogen-bond acceptors (Lipinski definition) is 4. The first-order valence-electron chi connectivity index (χ1n) is 5.49. The SMILES string of the molecule is CC1OCCC1(O)CNC(=O)c1cc(Br)c(Br)s1. The summed E-state index contributed by atoms with van der Waals surface area (Å²) in [5.41, 5.74) is -0.957. The van der Waals surface area contributed by atoms with Crippen molar-refractivity contribution in [3.63, 3.8) is 0 Å². The molecular weight excluding hydrogens is 386 g/mol. The van der Waals surface area contributed by atoms with E-state index in [1.54, 1.807) is 6.07 Å². The van der Waals surface area contributed by atoms with Gasteiger partial charge in [0.2, 0.25) is 0 Å². The lowest BCUT2D eigenvalue weighted by molar-refractivity contribution is -0.0251. The molecule has 7 heteroatoms. The first kappa shape index (κ1) is 14.5. The molecule has 1 aromatic rings. The van der Waals surface area contributed by atoms with Crippen molar-refractivity contribution >= 4 is 49.1 Å². The lowest BCUT2D eigenvalue weighted by atomic mass is 9.97. The molecule has 2 heterocycles. The average molecular weight is 399 g/mol. The van der Waals surface area contributed by atoms with Gasteiger partial charge >= 0.3 is 0 Å². The largest absolute Gasteiger partial charge is 0.385 e. The number of rotatable bonds is 3. The molecule has 0 saturated carbocycles. The van der Waals surface area contributed by atoms with Gasteiger partial charge in [0, 0.05) is 24.0 Å². The molecule has 2 atom stereocenters. The highest BCUT2D eigenvalue weighted by Crippen LogP contribution is 2.32. The van der Waals surface area contributed by atoms with Crippen molar-refractivity contribution in [1.82, 2.24) is 5.32 Å². The van der Waals surface area contributed by atoms with Crippen LogP contribution in [0.2, 0.25) is 0 Å². The van der Waals surface area contributed by atoms with Crippen LogP contribution in [0.4, 0.5) is 0 Å². The Labute approximate surface area is 126 Å². The van der Waals surface area contributed by atoms with Crippen LogP contribution >= 0.6 is 43.2 Å². The van der Waals surface area contributed by atoms with Crippen molar-refractivity contribution < 1.29 is 14.6 Å². The number of thiophene rings is 1. The van der Waals surface area contributed by atoms with E-state index in [9.17, 15) is 9.90 Å². The number of carbonyl (C=O) groups is 1. The monoisotopic (exact) mass is 397 g/mol. The standard InChI is InChI=1S/C11H13Br2NO3S/c1-6-11(16,2-3-17-6)5-14-10(15)8-4-7(12)9(13)18-8/h4,6,16H,2-3,5H2,1H3,(H,14,15). The summed E-state index contributed by atoms with van der Waals surface area (Å²) < 4.78 is 7.05. The summed E-state index contributed by atoms with van der Waals surface area (Å²) in [6.07, 6.45) is 0.298. The van der Waals surface area contributed by atoms with Crippen molar-refractivity contribution in [1.29, 1.82) is 0 Å². The Balaban J connectivity index is 1.96. The van der Waals surface area contributed by atoms with Crippen molar-refractivity contribution in [3.05, 3.63) is 19.2 Å². The van der Waals surface area contributed by atoms with Gasteiger partial charge in [-0.05, 0) is 44.8 Å². The lowest BCUT2D eigenvalue weighted by Crippen LogP contribution is -2.47. The highest BCUT2D eigenvalue weighted by Gasteiger charge is 2.39. The number of halogens is 2. The van der Waals surface area contributed by atoms with Gasteiger partial charge in [0.15, 0.2) is 0 Å². The zero-order valence-electron chi connectivity index (χ0n) is 9.70. The summed E-state index contributed by atoms with van der Waals surface area (Å²) in [5.74, 6) is -0.182. The third kappa shape index (κ3) is 2.96. The summed E-state index contributed by atoms with van der Waals surface area (Å²) in [6.45, 7) is 2.56. The maximum atomic E-state index is 11.9. The van der Waals surface area contributed by atoms with Gasteiger partial charge in [0.1, 0.15) is 5.60 Å². The van der Waals surface area contributed by atoms with Crippen LogP contribution in [-0.2, 0) is 4.74 Å². The van der Waals surface area contributed by atoms with Crippen LogP contribution in [0.25, 0.3) is 0 Å². The molecule has 1 aliphatic rings. The fraction of sp³-hybridized carbons (Fsp3) is 0.545. The van der Waals surface area contributed by atoms with Crippen LogP contribution in [0.3, 0.4) is 0 Å². The number of amides is 1. The average Bonchev–Trinajstić information content (AvgIpc) is 2.82. The fourth-order valence-electron chi connectivity index (χ4n) is 1.78. The highest BCUT2D eigenvalue weighted by atomic mass is 79.9. The van der Waals surface area contributed by atoms with E-state index in [1.807, 2.05) is 6.92 Å². The molecule has 2 rings (SSSR count). The molecule has 1 aliphatic heterocycles. The number of hydrogen-bond donors (Lipinski definition) is 2. The first-order valence-corrected chi connectivity index (χ1v) is 7.89. The molecule has 1 saturated heterocycles. The summed E-state index contributed by atoms with van der Waals surface area (Å²) >= 11 is 8.03. The van der Waals surface area contributed by atoms with E-state index in [-0.39, 0.29) is 18.6 Å². The molecule has 0 aromatic carbocycles. The van der Waals surface area contributed by atoms with Gasteiger partial charge in [0.25, 0.3) is 5.91 Å². The Hall–Kier alpha value is 0.0500. The maximum absolute atomic E-state index is 11.9. The van der Waals surface area contributed by atoms with Crippen LogP contribution < -0.4 is 5.32 Å². The minimum Gasteiger partial charge on any atom is -0.385 e.